The summed E-state index contributed by atoms with van der Waals surface area (Å²) in [5, 5.41) is 0. The van der Waals surface area contributed by atoms with Crippen LogP contribution in [0.5, 0.6) is 0 Å². The van der Waals surface area contributed by atoms with Crippen molar-refractivity contribution in [2.45, 2.75) is 51.8 Å². The molecule has 0 spiro atoms. The van der Waals surface area contributed by atoms with Crippen LogP contribution in [-0.4, -0.2) is 22.3 Å². The van der Waals surface area contributed by atoms with Crippen LogP contribution in [0.4, 0.5) is 0 Å². The predicted molar refractivity (Wildman–Crippen MR) is 67.6 cm³/mol. The molecular weight excluding hydrogens is 214 g/mol. The van der Waals surface area contributed by atoms with Gasteiger partial charge in [0.15, 0.2) is 0 Å². The van der Waals surface area contributed by atoms with Crippen molar-refractivity contribution in [2.24, 2.45) is 11.7 Å². The van der Waals surface area contributed by atoms with Gasteiger partial charge in [0, 0.05) is 25.5 Å². The third kappa shape index (κ3) is 2.87. The molecule has 0 amide bonds. The third-order valence-electron chi connectivity index (χ3n) is 3.60. The second kappa shape index (κ2) is 5.65. The molecule has 1 saturated carbocycles. The summed E-state index contributed by atoms with van der Waals surface area (Å²) in [6.07, 6.45) is 7.66. The average molecular weight is 237 g/mol. The van der Waals surface area contributed by atoms with Crippen LogP contribution in [0.2, 0.25) is 0 Å². The van der Waals surface area contributed by atoms with Gasteiger partial charge in [0.1, 0.15) is 5.82 Å². The highest BCUT2D eigenvalue weighted by Crippen LogP contribution is 2.35. The van der Waals surface area contributed by atoms with Gasteiger partial charge >= 0.3 is 0 Å². The van der Waals surface area contributed by atoms with Gasteiger partial charge in [-0.1, -0.05) is 0 Å². The summed E-state index contributed by atoms with van der Waals surface area (Å²) in [4.78, 5) is 4.36. The fourth-order valence-electron chi connectivity index (χ4n) is 2.62. The Morgan fingerprint density at radius 1 is 1.53 bits per heavy atom. The summed E-state index contributed by atoms with van der Waals surface area (Å²) in [6.45, 7) is 5.93. The molecule has 1 heterocycles. The van der Waals surface area contributed by atoms with Crippen LogP contribution in [0.1, 0.15) is 45.0 Å². The Balaban J connectivity index is 1.80. The standard InChI is InChI=1S/C13H23N3O/c1-3-16-6-5-15-13(16)12(14)9-10-7-11(8-10)17-4-2/h5-6,10-12H,3-4,7-9,14H2,1-2H3. The molecule has 2 N–H and O–H groups in total. The van der Waals surface area contributed by atoms with E-state index in [1.165, 1.54) is 0 Å². The van der Waals surface area contributed by atoms with E-state index in [0.29, 0.717) is 12.0 Å². The van der Waals surface area contributed by atoms with Crippen molar-refractivity contribution in [3.8, 4) is 0 Å². The first-order valence-corrected chi connectivity index (χ1v) is 6.62. The lowest BCUT2D eigenvalue weighted by molar-refractivity contribution is -0.0284. The fourth-order valence-corrected chi connectivity index (χ4v) is 2.62. The molecule has 1 unspecified atom stereocenters. The number of ether oxygens (including phenoxy) is 1. The highest BCUT2D eigenvalue weighted by molar-refractivity contribution is 5.00. The summed E-state index contributed by atoms with van der Waals surface area (Å²) < 4.78 is 7.69. The van der Waals surface area contributed by atoms with Gasteiger partial charge in [0.25, 0.3) is 0 Å². The number of hydrogen-bond acceptors (Lipinski definition) is 3. The number of hydrogen-bond donors (Lipinski definition) is 1. The SMILES string of the molecule is CCOC1CC(CC(N)c2nccn2CC)C1. The minimum atomic E-state index is 0.0672. The normalized spacial score (nSPS) is 25.6. The Kier molecular flexibility index (Phi) is 4.18. The van der Waals surface area contributed by atoms with Gasteiger partial charge in [0.2, 0.25) is 0 Å². The third-order valence-corrected chi connectivity index (χ3v) is 3.60. The molecule has 17 heavy (non-hydrogen) atoms. The molecule has 4 nitrogen and oxygen atoms in total. The zero-order chi connectivity index (χ0) is 12.3. The predicted octanol–water partition coefficient (Wildman–Crippen LogP) is 2.11. The molecule has 0 bridgehead atoms. The first-order valence-electron chi connectivity index (χ1n) is 6.62. The molecule has 1 aromatic heterocycles. The van der Waals surface area contributed by atoms with Crippen molar-refractivity contribution >= 4 is 0 Å². The Hall–Kier alpha value is -0.870. The lowest BCUT2D eigenvalue weighted by Crippen LogP contribution is -2.34. The minimum absolute atomic E-state index is 0.0672. The number of nitrogens with two attached hydrogens (primary N) is 1. The maximum absolute atomic E-state index is 6.22. The Morgan fingerprint density at radius 3 is 2.94 bits per heavy atom. The molecule has 0 aromatic carbocycles. The van der Waals surface area contributed by atoms with E-state index in [1.54, 1.807) is 0 Å². The van der Waals surface area contributed by atoms with E-state index in [9.17, 15) is 0 Å². The second-order valence-electron chi connectivity index (χ2n) is 4.83. The molecule has 1 aromatic rings. The summed E-state index contributed by atoms with van der Waals surface area (Å²) in [7, 11) is 0. The van der Waals surface area contributed by atoms with Gasteiger partial charge in [-0.3, -0.25) is 0 Å². The lowest BCUT2D eigenvalue weighted by atomic mass is 9.78. The van der Waals surface area contributed by atoms with Gasteiger partial charge in [-0.25, -0.2) is 4.98 Å². The molecule has 0 aliphatic heterocycles. The van der Waals surface area contributed by atoms with Crippen LogP contribution in [-0.2, 0) is 11.3 Å². The molecule has 2 rings (SSSR count). The zero-order valence-electron chi connectivity index (χ0n) is 10.8. The summed E-state index contributed by atoms with van der Waals surface area (Å²) >= 11 is 0. The van der Waals surface area contributed by atoms with E-state index < -0.39 is 0 Å². The molecule has 1 aliphatic rings. The van der Waals surface area contributed by atoms with Gasteiger partial charge in [-0.15, -0.1) is 0 Å². The monoisotopic (exact) mass is 237 g/mol. The minimum Gasteiger partial charge on any atom is -0.378 e. The maximum atomic E-state index is 6.22. The van der Waals surface area contributed by atoms with Crippen LogP contribution < -0.4 is 5.73 Å². The number of aromatic nitrogens is 2. The molecule has 0 radical (unpaired) electrons. The van der Waals surface area contributed by atoms with Crippen molar-refractivity contribution in [2.75, 3.05) is 6.61 Å². The average Bonchev–Trinajstić information content (AvgIpc) is 2.74. The number of nitrogens with zero attached hydrogens (tertiary/aromatic N) is 2. The van der Waals surface area contributed by atoms with Gasteiger partial charge in [-0.05, 0) is 39.0 Å². The quantitative estimate of drug-likeness (QED) is 0.824. The van der Waals surface area contributed by atoms with Gasteiger partial charge in [0.05, 0.1) is 12.1 Å². The number of aryl methyl sites for hydroxylation is 1. The van der Waals surface area contributed by atoms with Crippen molar-refractivity contribution in [3.05, 3.63) is 18.2 Å². The highest BCUT2D eigenvalue weighted by Gasteiger charge is 2.31. The van der Waals surface area contributed by atoms with E-state index in [0.717, 1.165) is 38.2 Å². The van der Waals surface area contributed by atoms with Crippen molar-refractivity contribution < 1.29 is 4.74 Å². The summed E-state index contributed by atoms with van der Waals surface area (Å²) in [5.74, 6) is 1.73. The molecule has 0 saturated heterocycles. The van der Waals surface area contributed by atoms with Crippen LogP contribution in [0.15, 0.2) is 12.4 Å². The number of rotatable bonds is 6. The summed E-state index contributed by atoms with van der Waals surface area (Å²) in [5.41, 5.74) is 6.22. The summed E-state index contributed by atoms with van der Waals surface area (Å²) in [6, 6.07) is 0.0672. The second-order valence-corrected chi connectivity index (χ2v) is 4.83. The van der Waals surface area contributed by atoms with E-state index in [1.807, 2.05) is 12.4 Å². The van der Waals surface area contributed by atoms with Crippen LogP contribution in [0.25, 0.3) is 0 Å². The molecule has 1 aliphatic carbocycles. The van der Waals surface area contributed by atoms with E-state index in [4.69, 9.17) is 10.5 Å². The lowest BCUT2D eigenvalue weighted by Gasteiger charge is -2.36. The van der Waals surface area contributed by atoms with Gasteiger partial charge < -0.3 is 15.0 Å². The van der Waals surface area contributed by atoms with Crippen molar-refractivity contribution in [1.82, 2.24) is 9.55 Å². The maximum Gasteiger partial charge on any atom is 0.125 e. The van der Waals surface area contributed by atoms with Gasteiger partial charge in [-0.2, -0.15) is 0 Å². The van der Waals surface area contributed by atoms with Crippen LogP contribution in [0, 0.1) is 5.92 Å². The van der Waals surface area contributed by atoms with Crippen molar-refractivity contribution in [3.63, 3.8) is 0 Å². The van der Waals surface area contributed by atoms with E-state index in [-0.39, 0.29) is 6.04 Å². The van der Waals surface area contributed by atoms with Crippen molar-refractivity contribution in [1.29, 1.82) is 0 Å². The fraction of sp³-hybridized carbons (Fsp3) is 0.769. The first-order chi connectivity index (χ1) is 8.24. The molecular formula is C13H23N3O. The van der Waals surface area contributed by atoms with E-state index in [2.05, 4.69) is 23.4 Å². The highest BCUT2D eigenvalue weighted by atomic mass is 16.5. The Labute approximate surface area is 103 Å². The first kappa shape index (κ1) is 12.6. The molecule has 1 fully saturated rings. The Morgan fingerprint density at radius 2 is 2.29 bits per heavy atom. The smallest absolute Gasteiger partial charge is 0.125 e. The topological polar surface area (TPSA) is 53.1 Å². The Bertz CT molecular complexity index is 344. The molecule has 4 heteroatoms. The van der Waals surface area contributed by atoms with Crippen LogP contribution in [0.3, 0.4) is 0 Å². The number of imidazole rings is 1. The van der Waals surface area contributed by atoms with Crippen LogP contribution >= 0.6 is 0 Å². The molecule has 1 atom stereocenters. The zero-order valence-corrected chi connectivity index (χ0v) is 10.8. The molecule has 96 valence electrons. The largest absolute Gasteiger partial charge is 0.378 e. The van der Waals surface area contributed by atoms with E-state index >= 15 is 0 Å².